The minimum absolute atomic E-state index is 0.00827. The van der Waals surface area contributed by atoms with Crippen LogP contribution in [0.3, 0.4) is 0 Å². The maximum Gasteiger partial charge on any atom is 0.248 e. The lowest BCUT2D eigenvalue weighted by atomic mass is 10.0. The maximum atomic E-state index is 13.9. The molecular formula is C25H25N5O2S. The molecule has 2 aromatic heterocycles. The number of fused-ring (bicyclic) bond motifs is 2. The number of hydrogen-bond donors (Lipinski definition) is 1. The van der Waals surface area contributed by atoms with Crippen molar-refractivity contribution in [1.29, 1.82) is 0 Å². The SMILES string of the molecule is CC(C)[C@@H](C(=O)N1C[C@H](O)C[C@H]1c1nc2ccccc2s1)n1cc(C2=CC=CC3C=C23)nn1. The van der Waals surface area contributed by atoms with Crippen molar-refractivity contribution >= 4 is 33.0 Å². The molecule has 8 heteroatoms. The molecule has 6 rings (SSSR count). The number of hydrogen-bond acceptors (Lipinski definition) is 6. The second-order valence-electron chi connectivity index (χ2n) is 9.30. The number of aliphatic hydroxyl groups excluding tert-OH is 1. The van der Waals surface area contributed by atoms with E-state index < -0.39 is 12.1 Å². The molecule has 1 fully saturated rings. The van der Waals surface area contributed by atoms with Gasteiger partial charge in [0.25, 0.3) is 0 Å². The molecule has 2 aliphatic carbocycles. The fraction of sp³-hybridized carbons (Fsp3) is 0.360. The van der Waals surface area contributed by atoms with Crippen LogP contribution in [-0.4, -0.2) is 48.5 Å². The highest BCUT2D eigenvalue weighted by molar-refractivity contribution is 7.18. The Morgan fingerprint density at radius 3 is 2.94 bits per heavy atom. The van der Waals surface area contributed by atoms with Crippen molar-refractivity contribution in [3.63, 3.8) is 0 Å². The van der Waals surface area contributed by atoms with Crippen molar-refractivity contribution < 1.29 is 9.90 Å². The number of aromatic nitrogens is 4. The number of carbonyl (C=O) groups is 1. The molecule has 7 nitrogen and oxygen atoms in total. The predicted octanol–water partition coefficient (Wildman–Crippen LogP) is 3.93. The fourth-order valence-electron chi connectivity index (χ4n) is 4.91. The van der Waals surface area contributed by atoms with Crippen LogP contribution in [0.2, 0.25) is 0 Å². The highest BCUT2D eigenvalue weighted by atomic mass is 32.1. The third-order valence-corrected chi connectivity index (χ3v) is 7.75. The molecule has 1 N–H and O–H groups in total. The minimum atomic E-state index is -0.567. The zero-order valence-corrected chi connectivity index (χ0v) is 19.3. The molecule has 33 heavy (non-hydrogen) atoms. The molecule has 3 aromatic rings. The van der Waals surface area contributed by atoms with E-state index in [0.717, 1.165) is 26.5 Å². The molecule has 4 atom stereocenters. The number of allylic oxidation sites excluding steroid dienone is 6. The van der Waals surface area contributed by atoms with Crippen molar-refractivity contribution in [1.82, 2.24) is 24.9 Å². The Kier molecular flexibility index (Phi) is 4.81. The Morgan fingerprint density at radius 2 is 2.12 bits per heavy atom. The van der Waals surface area contributed by atoms with E-state index in [2.05, 4.69) is 28.5 Å². The average molecular weight is 460 g/mol. The van der Waals surface area contributed by atoms with Gasteiger partial charge in [0.1, 0.15) is 16.7 Å². The van der Waals surface area contributed by atoms with E-state index in [1.54, 1.807) is 20.9 Å². The number of para-hydroxylation sites is 1. The average Bonchev–Trinajstić information content (AvgIpc) is 3.12. The summed E-state index contributed by atoms with van der Waals surface area (Å²) in [6.45, 7) is 4.34. The molecule has 1 amide bonds. The van der Waals surface area contributed by atoms with E-state index >= 15 is 0 Å². The number of rotatable bonds is 5. The van der Waals surface area contributed by atoms with Gasteiger partial charge < -0.3 is 10.0 Å². The van der Waals surface area contributed by atoms with Crippen LogP contribution in [-0.2, 0) is 4.79 Å². The van der Waals surface area contributed by atoms with Gasteiger partial charge in [-0.15, -0.1) is 16.4 Å². The highest BCUT2D eigenvalue weighted by Crippen LogP contribution is 2.44. The van der Waals surface area contributed by atoms with Gasteiger partial charge in [-0.25, -0.2) is 9.67 Å². The van der Waals surface area contributed by atoms with E-state index in [4.69, 9.17) is 4.98 Å². The number of aliphatic hydroxyl groups is 1. The van der Waals surface area contributed by atoms with Crippen LogP contribution in [0.25, 0.3) is 15.8 Å². The first kappa shape index (κ1) is 20.5. The standard InChI is InChI=1S/C25H25N5O2S/c1-14(2)23(30-13-20(27-28-30)17-7-5-6-15-10-18(15)17)25(32)29-12-16(31)11-21(29)24-26-19-8-3-4-9-22(19)33-24/h3-10,13-16,21,23,31H,11-12H2,1-2H3/t15?,16-,21+,23+/m1/s1. The highest BCUT2D eigenvalue weighted by Gasteiger charge is 2.41. The first-order valence-electron chi connectivity index (χ1n) is 11.4. The van der Waals surface area contributed by atoms with Crippen LogP contribution in [0.5, 0.6) is 0 Å². The quantitative estimate of drug-likeness (QED) is 0.625. The summed E-state index contributed by atoms with van der Waals surface area (Å²) < 4.78 is 2.78. The van der Waals surface area contributed by atoms with E-state index in [0.29, 0.717) is 18.9 Å². The molecule has 1 aromatic carbocycles. The van der Waals surface area contributed by atoms with Crippen LogP contribution in [0.1, 0.15) is 43.1 Å². The zero-order chi connectivity index (χ0) is 22.7. The van der Waals surface area contributed by atoms with Crippen molar-refractivity contribution in [2.45, 2.75) is 38.5 Å². The van der Waals surface area contributed by atoms with Gasteiger partial charge in [-0.05, 0) is 23.6 Å². The lowest BCUT2D eigenvalue weighted by Gasteiger charge is -2.29. The van der Waals surface area contributed by atoms with Crippen LogP contribution >= 0.6 is 11.3 Å². The Bertz CT molecular complexity index is 1300. The first-order valence-corrected chi connectivity index (χ1v) is 12.2. The number of thiazole rings is 1. The van der Waals surface area contributed by atoms with Crippen LogP contribution < -0.4 is 0 Å². The summed E-state index contributed by atoms with van der Waals surface area (Å²) in [5.41, 5.74) is 4.06. The van der Waals surface area contributed by atoms with Crippen molar-refractivity contribution in [3.05, 3.63) is 71.0 Å². The summed E-state index contributed by atoms with van der Waals surface area (Å²) in [5, 5.41) is 20.1. The van der Waals surface area contributed by atoms with E-state index in [-0.39, 0.29) is 17.9 Å². The van der Waals surface area contributed by atoms with Gasteiger partial charge >= 0.3 is 0 Å². The summed E-state index contributed by atoms with van der Waals surface area (Å²) in [7, 11) is 0. The summed E-state index contributed by atoms with van der Waals surface area (Å²) in [6, 6.07) is 7.24. The van der Waals surface area contributed by atoms with E-state index in [1.165, 1.54) is 5.57 Å². The molecule has 1 aliphatic heterocycles. The second kappa shape index (κ2) is 7.74. The van der Waals surface area contributed by atoms with Gasteiger partial charge in [-0.1, -0.05) is 55.5 Å². The topological polar surface area (TPSA) is 84.1 Å². The third kappa shape index (κ3) is 3.54. The fourth-order valence-corrected chi connectivity index (χ4v) is 6.00. The molecule has 168 valence electrons. The zero-order valence-electron chi connectivity index (χ0n) is 18.5. The van der Waals surface area contributed by atoms with Crippen LogP contribution in [0.4, 0.5) is 0 Å². The summed E-state index contributed by atoms with van der Waals surface area (Å²) in [6.07, 6.45) is 10.3. The summed E-state index contributed by atoms with van der Waals surface area (Å²) in [4.78, 5) is 20.4. The smallest absolute Gasteiger partial charge is 0.248 e. The first-order chi connectivity index (χ1) is 16.0. The molecule has 0 saturated carbocycles. The van der Waals surface area contributed by atoms with Gasteiger partial charge in [0.15, 0.2) is 0 Å². The van der Waals surface area contributed by atoms with Gasteiger partial charge in [-0.2, -0.15) is 0 Å². The van der Waals surface area contributed by atoms with Gasteiger partial charge in [0, 0.05) is 24.5 Å². The molecule has 0 spiro atoms. The summed E-state index contributed by atoms with van der Waals surface area (Å²) in [5.74, 6) is 0.371. The molecule has 0 radical (unpaired) electrons. The number of nitrogens with zero attached hydrogens (tertiary/aromatic N) is 5. The number of β-amino-alcohol motifs (C(OH)–C–C–N with tert-alkyl or cyclic N) is 1. The molecule has 1 unspecified atom stereocenters. The molecule has 1 saturated heterocycles. The van der Waals surface area contributed by atoms with Gasteiger partial charge in [0.05, 0.1) is 28.6 Å². The maximum absolute atomic E-state index is 13.9. The van der Waals surface area contributed by atoms with Gasteiger partial charge in [-0.3, -0.25) is 4.79 Å². The Hall–Kier alpha value is -3.10. The normalized spacial score (nSPS) is 24.7. The summed E-state index contributed by atoms with van der Waals surface area (Å²) >= 11 is 1.59. The number of carbonyl (C=O) groups excluding carboxylic acids is 1. The second-order valence-corrected chi connectivity index (χ2v) is 10.4. The number of amides is 1. The lowest BCUT2D eigenvalue weighted by Crippen LogP contribution is -2.40. The minimum Gasteiger partial charge on any atom is -0.391 e. The molecule has 3 heterocycles. The Labute approximate surface area is 195 Å². The molecular weight excluding hydrogens is 434 g/mol. The van der Waals surface area contributed by atoms with E-state index in [1.807, 2.05) is 50.4 Å². The van der Waals surface area contributed by atoms with Gasteiger partial charge in [0.2, 0.25) is 5.91 Å². The van der Waals surface area contributed by atoms with Crippen LogP contribution in [0.15, 0.2) is 60.3 Å². The van der Waals surface area contributed by atoms with Crippen LogP contribution in [0, 0.1) is 11.8 Å². The monoisotopic (exact) mass is 459 g/mol. The van der Waals surface area contributed by atoms with Crippen molar-refractivity contribution in [3.8, 4) is 0 Å². The van der Waals surface area contributed by atoms with E-state index in [9.17, 15) is 9.90 Å². The number of likely N-dealkylation sites (tertiary alicyclic amines) is 1. The predicted molar refractivity (Wildman–Crippen MR) is 127 cm³/mol. The largest absolute Gasteiger partial charge is 0.391 e. The third-order valence-electron chi connectivity index (χ3n) is 6.61. The lowest BCUT2D eigenvalue weighted by molar-refractivity contribution is -0.137. The van der Waals surface area contributed by atoms with Crippen molar-refractivity contribution in [2.75, 3.05) is 6.54 Å². The molecule has 3 aliphatic rings. The number of benzene rings is 1. The molecule has 0 bridgehead atoms. The Morgan fingerprint density at radius 1 is 1.27 bits per heavy atom. The Balaban J connectivity index is 1.31. The van der Waals surface area contributed by atoms with Crippen molar-refractivity contribution in [2.24, 2.45) is 11.8 Å².